The fourth-order valence-corrected chi connectivity index (χ4v) is 7.12. The Bertz CT molecular complexity index is 2010. The van der Waals surface area contributed by atoms with Crippen LogP contribution in [0.15, 0.2) is 79.0 Å². The highest BCUT2D eigenvalue weighted by Crippen LogP contribution is 2.47. The van der Waals surface area contributed by atoms with Crippen molar-refractivity contribution >= 4 is 45.8 Å². The molecule has 8 rings (SSSR count). The first-order chi connectivity index (χ1) is 20.4. The van der Waals surface area contributed by atoms with E-state index in [0.717, 1.165) is 55.7 Å². The van der Waals surface area contributed by atoms with Crippen molar-refractivity contribution in [1.82, 2.24) is 9.55 Å². The van der Waals surface area contributed by atoms with Crippen LogP contribution < -0.4 is 16.0 Å². The van der Waals surface area contributed by atoms with Crippen molar-refractivity contribution in [2.75, 3.05) is 16.0 Å². The number of hydrogen-bond donors (Lipinski definition) is 3. The smallest absolute Gasteiger partial charge is 0.244 e. The summed E-state index contributed by atoms with van der Waals surface area (Å²) < 4.78 is 2.03. The number of nitrogens with zero attached hydrogens (tertiary/aromatic N) is 2. The second-order valence-corrected chi connectivity index (χ2v) is 11.5. The van der Waals surface area contributed by atoms with E-state index in [2.05, 4.69) is 20.9 Å². The fourth-order valence-electron chi connectivity index (χ4n) is 7.12. The molecule has 4 heterocycles. The third-order valence-electron chi connectivity index (χ3n) is 8.97. The molecule has 8 nitrogen and oxygen atoms in total. The molecule has 206 valence electrons. The third-order valence-corrected chi connectivity index (χ3v) is 8.97. The van der Waals surface area contributed by atoms with Crippen LogP contribution in [-0.4, -0.2) is 27.3 Å². The highest BCUT2D eigenvalue weighted by molar-refractivity contribution is 6.12. The lowest BCUT2D eigenvalue weighted by Gasteiger charge is -2.20. The summed E-state index contributed by atoms with van der Waals surface area (Å²) in [5, 5.41) is 10.0. The first-order valence-corrected chi connectivity index (χ1v) is 14.1. The van der Waals surface area contributed by atoms with Gasteiger partial charge in [-0.25, -0.2) is 4.98 Å². The molecule has 3 aliphatic rings. The van der Waals surface area contributed by atoms with E-state index in [1.165, 1.54) is 0 Å². The minimum Gasteiger partial charge on any atom is -0.331 e. The number of rotatable bonds is 4. The van der Waals surface area contributed by atoms with Gasteiger partial charge in [-0.3, -0.25) is 14.4 Å². The van der Waals surface area contributed by atoms with Gasteiger partial charge in [0.05, 0.1) is 28.7 Å². The standard InChI is InChI=1S/C34H27N5O3/c1-19-6-2-3-7-23(19)31-24-15-28(40)37-26-9-4-10-27(30(24)26)39(31)18-29(41)36-22-12-11-20-16-34(17-21(20)14-22)25-8-5-13-35-32(25)38-33(34)42/h2-14H,15-18H2,1H3,(H,36,41)(H,37,40)(H,35,38,42). The molecule has 0 saturated carbocycles. The summed E-state index contributed by atoms with van der Waals surface area (Å²) in [6, 6.07) is 23.6. The van der Waals surface area contributed by atoms with Gasteiger partial charge in [-0.1, -0.05) is 42.5 Å². The second kappa shape index (κ2) is 8.88. The van der Waals surface area contributed by atoms with Gasteiger partial charge in [0.2, 0.25) is 17.7 Å². The second-order valence-electron chi connectivity index (χ2n) is 11.5. The lowest BCUT2D eigenvalue weighted by Crippen LogP contribution is -2.35. The average Bonchev–Trinajstić information content (AvgIpc) is 3.59. The van der Waals surface area contributed by atoms with Crippen LogP contribution in [0.1, 0.15) is 27.8 Å². The number of carbonyl (C=O) groups excluding carboxylic acids is 3. The zero-order valence-corrected chi connectivity index (χ0v) is 23.0. The molecule has 0 saturated heterocycles. The van der Waals surface area contributed by atoms with Gasteiger partial charge in [0.15, 0.2) is 0 Å². The average molecular weight is 554 g/mol. The highest BCUT2D eigenvalue weighted by Gasteiger charge is 2.51. The van der Waals surface area contributed by atoms with Gasteiger partial charge < -0.3 is 20.5 Å². The van der Waals surface area contributed by atoms with Crippen molar-refractivity contribution in [3.05, 3.63) is 107 Å². The summed E-state index contributed by atoms with van der Waals surface area (Å²) in [6.45, 7) is 2.13. The van der Waals surface area contributed by atoms with E-state index in [1.54, 1.807) is 6.20 Å². The predicted molar refractivity (Wildman–Crippen MR) is 161 cm³/mol. The highest BCUT2D eigenvalue weighted by atomic mass is 16.2. The van der Waals surface area contributed by atoms with Crippen LogP contribution in [-0.2, 0) is 45.6 Å². The molecule has 2 aliphatic heterocycles. The summed E-state index contributed by atoms with van der Waals surface area (Å²) >= 11 is 0. The van der Waals surface area contributed by atoms with Gasteiger partial charge in [0.1, 0.15) is 12.4 Å². The van der Waals surface area contributed by atoms with Crippen LogP contribution in [0, 0.1) is 6.92 Å². The molecule has 1 unspecified atom stereocenters. The topological polar surface area (TPSA) is 105 Å². The molecule has 1 atom stereocenters. The quantitative estimate of drug-likeness (QED) is 0.287. The summed E-state index contributed by atoms with van der Waals surface area (Å²) in [5.41, 5.74) is 8.72. The lowest BCUT2D eigenvalue weighted by molar-refractivity contribution is -0.120. The zero-order chi connectivity index (χ0) is 28.6. The molecule has 1 aliphatic carbocycles. The molecule has 2 aromatic heterocycles. The summed E-state index contributed by atoms with van der Waals surface area (Å²) in [6.07, 6.45) is 3.11. The Morgan fingerprint density at radius 1 is 0.976 bits per heavy atom. The molecular formula is C34H27N5O3. The molecule has 42 heavy (non-hydrogen) atoms. The van der Waals surface area contributed by atoms with Crippen molar-refractivity contribution in [3.8, 4) is 11.3 Å². The van der Waals surface area contributed by atoms with E-state index in [1.807, 2.05) is 84.3 Å². The van der Waals surface area contributed by atoms with Gasteiger partial charge >= 0.3 is 0 Å². The number of nitrogens with one attached hydrogen (secondary N) is 3. The Hall–Kier alpha value is -5.24. The molecule has 3 amide bonds. The first kappa shape index (κ1) is 24.5. The maximum Gasteiger partial charge on any atom is 0.244 e. The van der Waals surface area contributed by atoms with Gasteiger partial charge in [0.25, 0.3) is 0 Å². The van der Waals surface area contributed by atoms with E-state index in [0.29, 0.717) is 24.3 Å². The Kier molecular flexibility index (Phi) is 5.19. The molecule has 8 heteroatoms. The monoisotopic (exact) mass is 553 g/mol. The number of fused-ring (bicyclic) bond motifs is 3. The predicted octanol–water partition coefficient (Wildman–Crippen LogP) is 5.13. The molecule has 3 aromatic carbocycles. The Labute approximate surface area is 241 Å². The van der Waals surface area contributed by atoms with Crippen LogP contribution in [0.3, 0.4) is 0 Å². The molecule has 0 radical (unpaired) electrons. The van der Waals surface area contributed by atoms with E-state index in [4.69, 9.17) is 0 Å². The number of amides is 3. The van der Waals surface area contributed by atoms with Crippen LogP contribution in [0.5, 0.6) is 0 Å². The van der Waals surface area contributed by atoms with Gasteiger partial charge in [0, 0.05) is 28.4 Å². The van der Waals surface area contributed by atoms with Crippen molar-refractivity contribution in [1.29, 1.82) is 0 Å². The summed E-state index contributed by atoms with van der Waals surface area (Å²) in [7, 11) is 0. The number of hydrogen-bond acceptors (Lipinski definition) is 4. The maximum atomic E-state index is 13.6. The first-order valence-electron chi connectivity index (χ1n) is 14.1. The minimum atomic E-state index is -0.660. The Balaban J connectivity index is 1.13. The van der Waals surface area contributed by atoms with Crippen LogP contribution in [0.2, 0.25) is 0 Å². The van der Waals surface area contributed by atoms with Crippen molar-refractivity contribution in [2.45, 2.75) is 38.1 Å². The zero-order valence-electron chi connectivity index (χ0n) is 23.0. The van der Waals surface area contributed by atoms with Crippen LogP contribution in [0.25, 0.3) is 22.2 Å². The molecular weight excluding hydrogens is 526 g/mol. The van der Waals surface area contributed by atoms with Crippen LogP contribution in [0.4, 0.5) is 17.2 Å². The Morgan fingerprint density at radius 2 is 1.83 bits per heavy atom. The number of benzene rings is 3. The van der Waals surface area contributed by atoms with Crippen molar-refractivity contribution in [2.24, 2.45) is 0 Å². The summed E-state index contributed by atoms with van der Waals surface area (Å²) in [5.74, 6) is 0.382. The molecule has 0 bridgehead atoms. The van der Waals surface area contributed by atoms with Gasteiger partial charge in [-0.05, 0) is 72.4 Å². The number of aromatic nitrogens is 2. The largest absolute Gasteiger partial charge is 0.331 e. The van der Waals surface area contributed by atoms with E-state index >= 15 is 0 Å². The lowest BCUT2D eigenvalue weighted by atomic mass is 9.79. The summed E-state index contributed by atoms with van der Waals surface area (Å²) in [4.78, 5) is 43.7. The fraction of sp³-hybridized carbons (Fsp3) is 0.176. The van der Waals surface area contributed by atoms with Crippen molar-refractivity contribution < 1.29 is 14.4 Å². The normalized spacial score (nSPS) is 18.1. The number of anilines is 3. The third kappa shape index (κ3) is 3.54. The SMILES string of the molecule is Cc1ccccc1-c1c2c3c(cccc3n1CC(=O)Nc1ccc3c(c1)CC1(C3)C(=O)Nc3ncccc31)NC(=O)C2. The molecule has 1 spiro atoms. The molecule has 5 aromatic rings. The minimum absolute atomic E-state index is 0.0262. The number of carbonyl (C=O) groups is 3. The molecule has 3 N–H and O–H groups in total. The van der Waals surface area contributed by atoms with E-state index in [-0.39, 0.29) is 30.7 Å². The van der Waals surface area contributed by atoms with Gasteiger partial charge in [-0.2, -0.15) is 0 Å². The Morgan fingerprint density at radius 3 is 2.71 bits per heavy atom. The molecule has 0 fully saturated rings. The van der Waals surface area contributed by atoms with Gasteiger partial charge in [-0.15, -0.1) is 0 Å². The number of pyridine rings is 1. The van der Waals surface area contributed by atoms with E-state index in [9.17, 15) is 14.4 Å². The van der Waals surface area contributed by atoms with E-state index < -0.39 is 5.41 Å². The van der Waals surface area contributed by atoms with Crippen LogP contribution >= 0.6 is 0 Å². The maximum absolute atomic E-state index is 13.6. The number of aryl methyl sites for hydroxylation is 1. The van der Waals surface area contributed by atoms with Crippen molar-refractivity contribution in [3.63, 3.8) is 0 Å².